The molecule has 0 fully saturated rings. The lowest BCUT2D eigenvalue weighted by Crippen LogP contribution is -2.12. The third-order valence-corrected chi connectivity index (χ3v) is 1.88. The van der Waals surface area contributed by atoms with Gasteiger partial charge in [0.25, 0.3) is 0 Å². The van der Waals surface area contributed by atoms with Gasteiger partial charge in [-0.15, -0.1) is 5.10 Å². The molecule has 0 aliphatic rings. The molecule has 0 N–H and O–H groups in total. The minimum Gasteiger partial charge on any atom is -0.477 e. The molecule has 0 unspecified atom stereocenters. The van der Waals surface area contributed by atoms with Crippen LogP contribution in [0.3, 0.4) is 0 Å². The fourth-order valence-electron chi connectivity index (χ4n) is 1.23. The molecule has 1 rings (SSSR count). The Morgan fingerprint density at radius 3 is 2.54 bits per heavy atom. The minimum absolute atomic E-state index is 0.0960. The van der Waals surface area contributed by atoms with Crippen molar-refractivity contribution in [3.05, 3.63) is 11.8 Å². The quantitative estimate of drug-likeness (QED) is 0.700. The predicted octanol–water partition coefficient (Wildman–Crippen LogP) is 2.12. The molecular weight excluding hydrogens is 164 g/mol. The fraction of sp³-hybridized carbons (Fsp3) is 0.700. The van der Waals surface area contributed by atoms with Gasteiger partial charge in [-0.1, -0.05) is 20.8 Å². The van der Waals surface area contributed by atoms with Gasteiger partial charge in [-0.2, -0.15) is 0 Å². The molecule has 1 aromatic rings. The van der Waals surface area contributed by atoms with Crippen LogP contribution in [0, 0.1) is 0 Å². The van der Waals surface area contributed by atoms with E-state index in [2.05, 4.69) is 25.9 Å². The highest BCUT2D eigenvalue weighted by Crippen LogP contribution is 2.29. The SMILES string of the molecule is CCOc1nn(C)cc1C(C)(C)C. The molecule has 0 saturated carbocycles. The molecule has 0 aromatic carbocycles. The van der Waals surface area contributed by atoms with Crippen LogP contribution in [0.2, 0.25) is 0 Å². The number of ether oxygens (including phenoxy) is 1. The van der Waals surface area contributed by atoms with Crippen LogP contribution in [0.1, 0.15) is 33.3 Å². The zero-order chi connectivity index (χ0) is 10.1. The van der Waals surface area contributed by atoms with Gasteiger partial charge in [0.2, 0.25) is 5.88 Å². The van der Waals surface area contributed by atoms with Gasteiger partial charge >= 0.3 is 0 Å². The van der Waals surface area contributed by atoms with Crippen LogP contribution in [0.25, 0.3) is 0 Å². The van der Waals surface area contributed by atoms with Gasteiger partial charge in [0.1, 0.15) is 0 Å². The van der Waals surface area contributed by atoms with E-state index >= 15 is 0 Å². The number of nitrogens with zero attached hydrogens (tertiary/aromatic N) is 2. The van der Waals surface area contributed by atoms with E-state index in [0.717, 1.165) is 11.4 Å². The van der Waals surface area contributed by atoms with E-state index in [0.29, 0.717) is 6.61 Å². The highest BCUT2D eigenvalue weighted by Gasteiger charge is 2.21. The first-order valence-electron chi connectivity index (χ1n) is 4.62. The number of rotatable bonds is 2. The minimum atomic E-state index is 0.0960. The lowest BCUT2D eigenvalue weighted by Gasteiger charge is -2.17. The number of aromatic nitrogens is 2. The van der Waals surface area contributed by atoms with Crippen LogP contribution >= 0.6 is 0 Å². The molecule has 3 nitrogen and oxygen atoms in total. The van der Waals surface area contributed by atoms with E-state index in [1.54, 1.807) is 4.68 Å². The van der Waals surface area contributed by atoms with E-state index in [9.17, 15) is 0 Å². The highest BCUT2D eigenvalue weighted by atomic mass is 16.5. The van der Waals surface area contributed by atoms with Gasteiger partial charge in [0, 0.05) is 18.8 Å². The van der Waals surface area contributed by atoms with Crippen molar-refractivity contribution in [3.63, 3.8) is 0 Å². The molecule has 3 heteroatoms. The normalized spacial score (nSPS) is 11.8. The van der Waals surface area contributed by atoms with Crippen LogP contribution in [0.4, 0.5) is 0 Å². The van der Waals surface area contributed by atoms with Crippen molar-refractivity contribution in [2.24, 2.45) is 7.05 Å². The standard InChI is InChI=1S/C10H18N2O/c1-6-13-9-8(10(2,3)4)7-12(5)11-9/h7H,6H2,1-5H3. The van der Waals surface area contributed by atoms with Gasteiger partial charge in [-0.25, -0.2) is 0 Å². The van der Waals surface area contributed by atoms with E-state index in [-0.39, 0.29) is 5.41 Å². The third-order valence-electron chi connectivity index (χ3n) is 1.88. The van der Waals surface area contributed by atoms with Crippen molar-refractivity contribution < 1.29 is 4.74 Å². The smallest absolute Gasteiger partial charge is 0.236 e. The zero-order valence-corrected chi connectivity index (χ0v) is 9.09. The third kappa shape index (κ3) is 2.23. The second kappa shape index (κ2) is 3.40. The average Bonchev–Trinajstić information content (AvgIpc) is 2.30. The maximum absolute atomic E-state index is 5.45. The second-order valence-electron chi connectivity index (χ2n) is 4.20. The van der Waals surface area contributed by atoms with E-state index in [1.807, 2.05) is 20.2 Å². The lowest BCUT2D eigenvalue weighted by atomic mass is 9.89. The lowest BCUT2D eigenvalue weighted by molar-refractivity contribution is 0.314. The molecule has 0 aliphatic carbocycles. The molecule has 0 spiro atoms. The Balaban J connectivity index is 3.04. The van der Waals surface area contributed by atoms with Gasteiger partial charge in [-0.05, 0) is 12.3 Å². The summed E-state index contributed by atoms with van der Waals surface area (Å²) < 4.78 is 7.25. The number of hydrogen-bond acceptors (Lipinski definition) is 2. The van der Waals surface area contributed by atoms with Crippen LogP contribution in [-0.2, 0) is 12.5 Å². The van der Waals surface area contributed by atoms with Crippen LogP contribution in [0.15, 0.2) is 6.20 Å². The monoisotopic (exact) mass is 182 g/mol. The van der Waals surface area contributed by atoms with E-state index < -0.39 is 0 Å². The summed E-state index contributed by atoms with van der Waals surface area (Å²) in [6.45, 7) is 9.12. The fourth-order valence-corrected chi connectivity index (χ4v) is 1.23. The largest absolute Gasteiger partial charge is 0.477 e. The Bertz CT molecular complexity index is 284. The Morgan fingerprint density at radius 2 is 2.08 bits per heavy atom. The zero-order valence-electron chi connectivity index (χ0n) is 9.09. The first-order valence-corrected chi connectivity index (χ1v) is 4.62. The molecule has 0 atom stereocenters. The molecule has 0 aliphatic heterocycles. The van der Waals surface area contributed by atoms with Crippen molar-refractivity contribution in [1.82, 2.24) is 9.78 Å². The summed E-state index contributed by atoms with van der Waals surface area (Å²) in [5, 5.41) is 4.26. The molecule has 74 valence electrons. The summed E-state index contributed by atoms with van der Waals surface area (Å²) >= 11 is 0. The summed E-state index contributed by atoms with van der Waals surface area (Å²) in [7, 11) is 1.91. The van der Waals surface area contributed by atoms with Crippen molar-refractivity contribution in [2.75, 3.05) is 6.61 Å². The summed E-state index contributed by atoms with van der Waals surface area (Å²) in [4.78, 5) is 0. The van der Waals surface area contributed by atoms with Gasteiger partial charge in [0.15, 0.2) is 0 Å². The Kier molecular flexibility index (Phi) is 2.64. The Hall–Kier alpha value is -0.990. The van der Waals surface area contributed by atoms with Gasteiger partial charge in [0.05, 0.1) is 6.61 Å². The summed E-state index contributed by atoms with van der Waals surface area (Å²) in [6, 6.07) is 0. The van der Waals surface area contributed by atoms with Crippen molar-refractivity contribution in [1.29, 1.82) is 0 Å². The molecule has 0 amide bonds. The first-order chi connectivity index (χ1) is 5.95. The van der Waals surface area contributed by atoms with Crippen molar-refractivity contribution in [3.8, 4) is 5.88 Å². The topological polar surface area (TPSA) is 27.1 Å². The van der Waals surface area contributed by atoms with Gasteiger partial charge in [-0.3, -0.25) is 4.68 Å². The maximum Gasteiger partial charge on any atom is 0.236 e. The average molecular weight is 182 g/mol. The molecule has 1 aromatic heterocycles. The molecule has 0 bridgehead atoms. The highest BCUT2D eigenvalue weighted by molar-refractivity contribution is 5.30. The summed E-state index contributed by atoms with van der Waals surface area (Å²) in [6.07, 6.45) is 2.02. The van der Waals surface area contributed by atoms with E-state index in [4.69, 9.17) is 4.74 Å². The molecular formula is C10H18N2O. The number of hydrogen-bond donors (Lipinski definition) is 0. The maximum atomic E-state index is 5.45. The summed E-state index contributed by atoms with van der Waals surface area (Å²) in [5.41, 5.74) is 1.26. The van der Waals surface area contributed by atoms with Crippen LogP contribution in [-0.4, -0.2) is 16.4 Å². The van der Waals surface area contributed by atoms with Crippen molar-refractivity contribution >= 4 is 0 Å². The molecule has 0 radical (unpaired) electrons. The molecule has 0 saturated heterocycles. The van der Waals surface area contributed by atoms with Gasteiger partial charge < -0.3 is 4.74 Å². The molecule has 1 heterocycles. The second-order valence-corrected chi connectivity index (χ2v) is 4.20. The Labute approximate surface area is 79.7 Å². The number of aryl methyl sites for hydroxylation is 1. The van der Waals surface area contributed by atoms with E-state index in [1.165, 1.54) is 0 Å². The molecule has 13 heavy (non-hydrogen) atoms. The van der Waals surface area contributed by atoms with Crippen LogP contribution < -0.4 is 4.74 Å². The van der Waals surface area contributed by atoms with Crippen molar-refractivity contribution in [2.45, 2.75) is 33.1 Å². The Morgan fingerprint density at radius 1 is 1.46 bits per heavy atom. The first kappa shape index (κ1) is 10.1. The van der Waals surface area contributed by atoms with Crippen LogP contribution in [0.5, 0.6) is 5.88 Å². The summed E-state index contributed by atoms with van der Waals surface area (Å²) in [5.74, 6) is 0.762. The predicted molar refractivity (Wildman–Crippen MR) is 53.1 cm³/mol.